The van der Waals surface area contributed by atoms with Gasteiger partial charge < -0.3 is 51.2 Å². The number of phosphoric acid groups is 2. The van der Waals surface area contributed by atoms with E-state index in [4.69, 9.17) is 30.0 Å². The molecule has 0 amide bonds. The Morgan fingerprint density at radius 2 is 1.09 bits per heavy atom. The van der Waals surface area contributed by atoms with E-state index >= 15 is 0 Å². The van der Waals surface area contributed by atoms with Crippen molar-refractivity contribution >= 4 is 49.6 Å². The van der Waals surface area contributed by atoms with Gasteiger partial charge in [-0.2, -0.15) is 4.31 Å². The number of hydrogen-bond donors (Lipinski definition) is 8. The largest absolute Gasteiger partial charge is 0.481 e. The topological polar surface area (TPSA) is 341 Å². The second-order valence-corrected chi connectivity index (χ2v) is 12.9. The van der Waals surface area contributed by atoms with Crippen LogP contribution in [-0.4, -0.2) is 119 Å². The number of nitrogen functional groups attached to an aromatic ring is 2. The Bertz CT molecular complexity index is 1680. The highest BCUT2D eigenvalue weighted by Gasteiger charge is 2.48. The fourth-order valence-electron chi connectivity index (χ4n) is 4.82. The molecule has 4 aromatic heterocycles. The third kappa shape index (κ3) is 6.02. The fourth-order valence-corrected chi connectivity index (χ4v) is 6.91. The van der Waals surface area contributed by atoms with E-state index in [1.165, 1.54) is 21.8 Å². The first-order chi connectivity index (χ1) is 21.3. The zero-order chi connectivity index (χ0) is 32.3. The minimum absolute atomic E-state index is 0.0539. The van der Waals surface area contributed by atoms with Gasteiger partial charge in [-0.3, -0.25) is 18.2 Å². The maximum absolute atomic E-state index is 12.5. The van der Waals surface area contributed by atoms with Crippen molar-refractivity contribution in [3.8, 4) is 0 Å². The SMILES string of the molecule is Nc1ncnc2c1ncn2[C@@H]1O[C@H](COP(=O)(O)OP(=O)(O)OC[C@H]2O[C@H](n3cnc4c(N)ncnc43)[C@H](O)[C@@H]2O)[C@@H](O)[C@H]1O. The van der Waals surface area contributed by atoms with Crippen molar-refractivity contribution < 1.29 is 62.2 Å². The predicted molar refractivity (Wildman–Crippen MR) is 144 cm³/mol. The van der Waals surface area contributed by atoms with Crippen molar-refractivity contribution in [3.05, 3.63) is 25.3 Å². The highest BCUT2D eigenvalue weighted by molar-refractivity contribution is 7.61. The van der Waals surface area contributed by atoms with E-state index < -0.39 is 77.9 Å². The molecule has 23 nitrogen and oxygen atoms in total. The Hall–Kier alpha value is -3.28. The molecule has 0 spiro atoms. The van der Waals surface area contributed by atoms with Crippen LogP contribution in [0.3, 0.4) is 0 Å². The van der Waals surface area contributed by atoms with Crippen molar-refractivity contribution in [1.82, 2.24) is 39.0 Å². The monoisotopic (exact) mass is 676 g/mol. The molecule has 0 saturated carbocycles. The molecule has 45 heavy (non-hydrogen) atoms. The molecule has 4 aromatic rings. The molecule has 25 heteroatoms. The van der Waals surface area contributed by atoms with Gasteiger partial charge in [0.1, 0.15) is 60.3 Å². The summed E-state index contributed by atoms with van der Waals surface area (Å²) >= 11 is 0. The van der Waals surface area contributed by atoms with Crippen LogP contribution in [0.15, 0.2) is 25.3 Å². The number of aliphatic hydroxyl groups is 4. The lowest BCUT2D eigenvalue weighted by Crippen LogP contribution is -2.34. The van der Waals surface area contributed by atoms with E-state index in [0.29, 0.717) is 0 Å². The first-order valence-corrected chi connectivity index (χ1v) is 15.8. The average molecular weight is 676 g/mol. The molecule has 2 aliphatic rings. The molecule has 2 saturated heterocycles. The second-order valence-electron chi connectivity index (χ2n) is 9.87. The Labute approximate surface area is 250 Å². The van der Waals surface area contributed by atoms with Crippen LogP contribution in [-0.2, 0) is 32.0 Å². The molecule has 244 valence electrons. The number of phosphoric ester groups is 2. The van der Waals surface area contributed by atoms with E-state index in [1.807, 2.05) is 0 Å². The lowest BCUT2D eigenvalue weighted by Gasteiger charge is -2.20. The zero-order valence-corrected chi connectivity index (χ0v) is 24.3. The highest BCUT2D eigenvalue weighted by Crippen LogP contribution is 2.60. The van der Waals surface area contributed by atoms with Gasteiger partial charge in [0.05, 0.1) is 25.9 Å². The summed E-state index contributed by atoms with van der Waals surface area (Å²) in [4.78, 5) is 43.8. The summed E-state index contributed by atoms with van der Waals surface area (Å²) in [6, 6.07) is 0. The average Bonchev–Trinajstić information content (AvgIpc) is 3.73. The molecule has 6 rings (SSSR count). The van der Waals surface area contributed by atoms with E-state index in [0.717, 1.165) is 12.7 Å². The van der Waals surface area contributed by atoms with E-state index in [9.17, 15) is 39.3 Å². The Kier molecular flexibility index (Phi) is 8.33. The van der Waals surface area contributed by atoms with Crippen LogP contribution >= 0.6 is 15.6 Å². The smallest absolute Gasteiger partial charge is 0.387 e. The normalized spacial score (nSPS) is 31.4. The van der Waals surface area contributed by atoms with Gasteiger partial charge in [-0.15, -0.1) is 0 Å². The molecule has 10 atom stereocenters. The van der Waals surface area contributed by atoms with Crippen LogP contribution in [0, 0.1) is 0 Å². The zero-order valence-electron chi connectivity index (χ0n) is 22.5. The van der Waals surface area contributed by atoms with Crippen LogP contribution in [0.5, 0.6) is 0 Å². The predicted octanol–water partition coefficient (Wildman–Crippen LogP) is -2.68. The number of nitrogens with two attached hydrogens (primary N) is 2. The quantitative estimate of drug-likeness (QED) is 0.0793. The maximum Gasteiger partial charge on any atom is 0.481 e. The summed E-state index contributed by atoms with van der Waals surface area (Å²) in [7, 11) is -10.7. The van der Waals surface area contributed by atoms with Crippen molar-refractivity contribution in [2.24, 2.45) is 0 Å². The van der Waals surface area contributed by atoms with Gasteiger partial charge >= 0.3 is 15.6 Å². The standard InChI is InChI=1S/C20H26N10O13P2/c21-15-9-17(25-3-23-15)29(5-27-9)19-13(33)11(31)7(41-19)1-39-44(35,36)43-45(37,38)40-2-8-12(32)14(34)20(42-8)30-6-28-10-16(22)24-4-26-18(10)30/h3-8,11-14,19-20,31-34H,1-2H2,(H,35,36)(H,37,38)(H2,21,23,25)(H2,22,24,26)/t7-,8-,11-,12-,13-,14-,19-,20+/m1/s1. The number of imidazole rings is 2. The van der Waals surface area contributed by atoms with E-state index in [-0.39, 0.29) is 34.0 Å². The number of anilines is 2. The maximum atomic E-state index is 12.5. The van der Waals surface area contributed by atoms with Crippen molar-refractivity contribution in [2.45, 2.75) is 49.1 Å². The van der Waals surface area contributed by atoms with Gasteiger partial charge in [-0.25, -0.2) is 39.0 Å². The summed E-state index contributed by atoms with van der Waals surface area (Å²) in [6.07, 6.45) is -7.12. The summed E-state index contributed by atoms with van der Waals surface area (Å²) < 4.78 is 52.3. The minimum Gasteiger partial charge on any atom is -0.387 e. The fraction of sp³-hybridized carbons (Fsp3) is 0.500. The number of rotatable bonds is 10. The van der Waals surface area contributed by atoms with Crippen LogP contribution in [0.2, 0.25) is 0 Å². The van der Waals surface area contributed by atoms with Gasteiger partial charge in [0.15, 0.2) is 35.4 Å². The summed E-state index contributed by atoms with van der Waals surface area (Å²) in [5.74, 6) is 0.108. The van der Waals surface area contributed by atoms with Crippen LogP contribution in [0.4, 0.5) is 11.6 Å². The van der Waals surface area contributed by atoms with Crippen molar-refractivity contribution in [2.75, 3.05) is 24.7 Å². The molecule has 0 aromatic carbocycles. The van der Waals surface area contributed by atoms with Crippen LogP contribution in [0.25, 0.3) is 22.3 Å². The van der Waals surface area contributed by atoms with E-state index in [2.05, 4.69) is 34.2 Å². The number of aromatic nitrogens is 8. The molecule has 6 heterocycles. The van der Waals surface area contributed by atoms with Crippen molar-refractivity contribution in [1.29, 1.82) is 0 Å². The van der Waals surface area contributed by atoms with Gasteiger partial charge in [0.2, 0.25) is 0 Å². The third-order valence-corrected chi connectivity index (χ3v) is 9.61. The van der Waals surface area contributed by atoms with Crippen molar-refractivity contribution in [3.63, 3.8) is 0 Å². The number of ether oxygens (including phenoxy) is 2. The molecule has 0 radical (unpaired) electrons. The molecular weight excluding hydrogens is 650 g/mol. The molecular formula is C20H26N10O13P2. The van der Waals surface area contributed by atoms with Crippen LogP contribution < -0.4 is 11.5 Å². The Balaban J connectivity index is 1.04. The lowest BCUT2D eigenvalue weighted by atomic mass is 10.1. The molecule has 0 aliphatic carbocycles. The van der Waals surface area contributed by atoms with Gasteiger partial charge in [-0.05, 0) is 0 Å². The Morgan fingerprint density at radius 1 is 0.689 bits per heavy atom. The first kappa shape index (κ1) is 31.7. The van der Waals surface area contributed by atoms with E-state index in [1.54, 1.807) is 0 Å². The molecule has 0 bridgehead atoms. The van der Waals surface area contributed by atoms with Crippen LogP contribution in [0.1, 0.15) is 12.5 Å². The molecule has 2 fully saturated rings. The molecule has 10 N–H and O–H groups in total. The minimum atomic E-state index is -5.37. The molecule has 2 unspecified atom stereocenters. The highest BCUT2D eigenvalue weighted by atomic mass is 31.3. The van der Waals surface area contributed by atoms with Gasteiger partial charge in [-0.1, -0.05) is 0 Å². The van der Waals surface area contributed by atoms with Gasteiger partial charge in [0.25, 0.3) is 0 Å². The first-order valence-electron chi connectivity index (χ1n) is 12.8. The second kappa shape index (κ2) is 11.8. The Morgan fingerprint density at radius 3 is 1.49 bits per heavy atom. The number of fused-ring (bicyclic) bond motifs is 2. The summed E-state index contributed by atoms with van der Waals surface area (Å²) in [5.41, 5.74) is 12.2. The lowest BCUT2D eigenvalue weighted by molar-refractivity contribution is -0.0530. The molecule has 2 aliphatic heterocycles. The number of nitrogens with zero attached hydrogens (tertiary/aromatic N) is 8. The summed E-state index contributed by atoms with van der Waals surface area (Å²) in [5, 5.41) is 41.9. The number of aliphatic hydroxyl groups excluding tert-OH is 4. The summed E-state index contributed by atoms with van der Waals surface area (Å²) in [6.45, 7) is -1.78. The third-order valence-electron chi connectivity index (χ3n) is 7.01. The number of hydrogen-bond acceptors (Lipinski definition) is 19. The van der Waals surface area contributed by atoms with Gasteiger partial charge in [0, 0.05) is 0 Å².